The smallest absolute Gasteiger partial charge is 0.00172 e. The van der Waals surface area contributed by atoms with Gasteiger partial charge in [-0.1, -0.05) is 13.8 Å². The minimum atomic E-state index is 1.10. The van der Waals surface area contributed by atoms with Crippen LogP contribution in [0.1, 0.15) is 20.3 Å². The summed E-state index contributed by atoms with van der Waals surface area (Å²) >= 11 is 0. The molecule has 1 saturated carbocycles. The summed E-state index contributed by atoms with van der Waals surface area (Å²) in [5.41, 5.74) is 0. The number of fused-ring (bicyclic) bond motifs is 1. The van der Waals surface area contributed by atoms with Crippen LogP contribution in [-0.4, -0.2) is 39.1 Å². The summed E-state index contributed by atoms with van der Waals surface area (Å²) in [4.78, 5) is 2.00. The zero-order valence-corrected chi connectivity index (χ0v) is 9.22. The number of hydrogen-bond donors (Lipinski definition) is 1. The second-order valence-electron chi connectivity index (χ2n) is 3.76. The Morgan fingerprint density at radius 3 is 1.42 bits per heavy atom. The molecule has 2 atom stereocenters. The molecule has 0 amide bonds. The molecule has 0 aromatic carbocycles. The molecule has 1 saturated heterocycles. The number of piperidine rings is 1. The molecule has 2 nitrogen and oxygen atoms in total. The molecule has 2 heteroatoms. The van der Waals surface area contributed by atoms with Gasteiger partial charge in [-0.25, -0.2) is 0 Å². The van der Waals surface area contributed by atoms with Crippen LogP contribution in [0.4, 0.5) is 0 Å². The van der Waals surface area contributed by atoms with Crippen molar-refractivity contribution >= 4 is 0 Å². The van der Waals surface area contributed by atoms with Gasteiger partial charge in [0.1, 0.15) is 0 Å². The fraction of sp³-hybridized carbons (Fsp3) is 1.00. The summed E-state index contributed by atoms with van der Waals surface area (Å²) in [5, 5.41) is 3.32. The first-order valence-electron chi connectivity index (χ1n) is 5.02. The molecule has 0 bridgehead atoms. The largest absolute Gasteiger partial charge is 0.316 e. The molecule has 0 aromatic heterocycles. The second-order valence-corrected chi connectivity index (χ2v) is 3.76. The van der Waals surface area contributed by atoms with Crippen molar-refractivity contribution in [1.82, 2.24) is 10.2 Å². The van der Waals surface area contributed by atoms with Crippen molar-refractivity contribution in [2.75, 3.05) is 34.2 Å². The highest BCUT2D eigenvalue weighted by Crippen LogP contribution is 2.40. The topological polar surface area (TPSA) is 15.3 Å². The van der Waals surface area contributed by atoms with Gasteiger partial charge in [0.25, 0.3) is 0 Å². The van der Waals surface area contributed by atoms with Crippen LogP contribution in [0.2, 0.25) is 0 Å². The van der Waals surface area contributed by atoms with Gasteiger partial charge in [0.15, 0.2) is 0 Å². The minimum Gasteiger partial charge on any atom is -0.316 e. The maximum absolute atomic E-state index is 3.32. The van der Waals surface area contributed by atoms with Gasteiger partial charge in [-0.3, -0.25) is 0 Å². The highest BCUT2D eigenvalue weighted by Gasteiger charge is 2.40. The Morgan fingerprint density at radius 1 is 1.00 bits per heavy atom. The second kappa shape index (κ2) is 6.44. The van der Waals surface area contributed by atoms with E-state index in [9.17, 15) is 0 Å². The average Bonchev–Trinajstić information content (AvgIpc) is 2.62. The normalized spacial score (nSPS) is 29.5. The maximum Gasteiger partial charge on any atom is -0.00172 e. The van der Waals surface area contributed by atoms with Crippen molar-refractivity contribution in [3.8, 4) is 0 Å². The van der Waals surface area contributed by atoms with Crippen molar-refractivity contribution < 1.29 is 0 Å². The Balaban J connectivity index is 0.000000181. The van der Waals surface area contributed by atoms with E-state index in [2.05, 4.69) is 5.32 Å². The van der Waals surface area contributed by atoms with E-state index in [1.165, 1.54) is 19.5 Å². The van der Waals surface area contributed by atoms with Gasteiger partial charge in [-0.15, -0.1) is 0 Å². The van der Waals surface area contributed by atoms with Crippen LogP contribution in [0.25, 0.3) is 0 Å². The molecule has 2 aliphatic rings. The van der Waals surface area contributed by atoms with Crippen molar-refractivity contribution in [2.45, 2.75) is 20.3 Å². The molecule has 1 heterocycles. The standard InChI is InChI=1S/C5H9N.C3H9N.C2H6/c1-4-2-6-3-5(1)4;1-4(2)3;1-2/h4-6H,1-3H2;1-3H3;1-2H3. The van der Waals surface area contributed by atoms with E-state index in [1.54, 1.807) is 0 Å². The summed E-state index contributed by atoms with van der Waals surface area (Å²) in [6.45, 7) is 6.62. The average molecular weight is 172 g/mol. The number of hydrogen-bond acceptors (Lipinski definition) is 2. The molecule has 74 valence electrons. The van der Waals surface area contributed by atoms with Gasteiger partial charge in [0.05, 0.1) is 0 Å². The molecular formula is C10H24N2. The molecule has 2 unspecified atom stereocenters. The fourth-order valence-corrected chi connectivity index (χ4v) is 1.26. The van der Waals surface area contributed by atoms with Gasteiger partial charge >= 0.3 is 0 Å². The highest BCUT2D eigenvalue weighted by atomic mass is 15.0. The monoisotopic (exact) mass is 172 g/mol. The van der Waals surface area contributed by atoms with Crippen molar-refractivity contribution in [3.63, 3.8) is 0 Å². The highest BCUT2D eigenvalue weighted by molar-refractivity contribution is 4.94. The molecule has 1 aliphatic heterocycles. The van der Waals surface area contributed by atoms with Crippen LogP contribution < -0.4 is 5.32 Å². The zero-order chi connectivity index (χ0) is 9.56. The van der Waals surface area contributed by atoms with Gasteiger partial charge in [0.2, 0.25) is 0 Å². The quantitative estimate of drug-likeness (QED) is 0.594. The fourth-order valence-electron chi connectivity index (χ4n) is 1.26. The minimum absolute atomic E-state index is 1.10. The first kappa shape index (κ1) is 11.9. The molecule has 2 fully saturated rings. The Morgan fingerprint density at radius 2 is 1.33 bits per heavy atom. The summed E-state index contributed by atoms with van der Waals surface area (Å²) in [5.74, 6) is 2.20. The lowest BCUT2D eigenvalue weighted by molar-refractivity contribution is 0.505. The summed E-state index contributed by atoms with van der Waals surface area (Å²) in [7, 11) is 6.00. The Hall–Kier alpha value is -0.0800. The predicted octanol–water partition coefficient (Wildman–Crippen LogP) is 1.43. The van der Waals surface area contributed by atoms with Crippen LogP contribution in [-0.2, 0) is 0 Å². The Kier molecular flexibility index (Phi) is 6.39. The van der Waals surface area contributed by atoms with E-state index in [0.717, 1.165) is 11.8 Å². The van der Waals surface area contributed by atoms with Crippen LogP contribution in [0.5, 0.6) is 0 Å². The predicted molar refractivity (Wildman–Crippen MR) is 55.4 cm³/mol. The zero-order valence-electron chi connectivity index (χ0n) is 9.22. The van der Waals surface area contributed by atoms with Crippen LogP contribution in [0.15, 0.2) is 0 Å². The van der Waals surface area contributed by atoms with E-state index in [1.807, 2.05) is 39.9 Å². The van der Waals surface area contributed by atoms with E-state index >= 15 is 0 Å². The van der Waals surface area contributed by atoms with Gasteiger partial charge in [0, 0.05) is 0 Å². The third-order valence-electron chi connectivity index (χ3n) is 1.88. The number of nitrogens with zero attached hydrogens (tertiary/aromatic N) is 1. The summed E-state index contributed by atoms with van der Waals surface area (Å²) < 4.78 is 0. The van der Waals surface area contributed by atoms with Crippen molar-refractivity contribution in [1.29, 1.82) is 0 Å². The molecule has 0 radical (unpaired) electrons. The van der Waals surface area contributed by atoms with Gasteiger partial charge in [-0.2, -0.15) is 0 Å². The van der Waals surface area contributed by atoms with Gasteiger partial charge < -0.3 is 10.2 Å². The molecule has 1 aliphatic carbocycles. The Labute approximate surface area is 77.3 Å². The lowest BCUT2D eigenvalue weighted by Gasteiger charge is -1.90. The third-order valence-corrected chi connectivity index (χ3v) is 1.88. The third kappa shape index (κ3) is 5.56. The first-order valence-corrected chi connectivity index (χ1v) is 5.02. The van der Waals surface area contributed by atoms with Crippen LogP contribution in [0, 0.1) is 11.8 Å². The van der Waals surface area contributed by atoms with E-state index in [-0.39, 0.29) is 0 Å². The number of nitrogens with one attached hydrogen (secondary N) is 1. The molecule has 2 rings (SSSR count). The Bertz CT molecular complexity index is 91.3. The molecule has 0 aromatic rings. The maximum atomic E-state index is 3.32. The van der Waals surface area contributed by atoms with E-state index in [4.69, 9.17) is 0 Å². The lowest BCUT2D eigenvalue weighted by Crippen LogP contribution is -2.10. The molecule has 12 heavy (non-hydrogen) atoms. The van der Waals surface area contributed by atoms with E-state index in [0.29, 0.717) is 0 Å². The molecular weight excluding hydrogens is 148 g/mol. The summed E-state index contributed by atoms with van der Waals surface area (Å²) in [6.07, 6.45) is 1.52. The molecule has 0 spiro atoms. The molecule has 1 N–H and O–H groups in total. The van der Waals surface area contributed by atoms with E-state index < -0.39 is 0 Å². The van der Waals surface area contributed by atoms with Crippen LogP contribution in [0.3, 0.4) is 0 Å². The van der Waals surface area contributed by atoms with Crippen molar-refractivity contribution in [3.05, 3.63) is 0 Å². The summed E-state index contributed by atoms with van der Waals surface area (Å²) in [6, 6.07) is 0. The van der Waals surface area contributed by atoms with Crippen molar-refractivity contribution in [2.24, 2.45) is 11.8 Å². The SMILES string of the molecule is C1NCC2CC12.CC.CN(C)C. The first-order chi connectivity index (χ1) is 5.70. The van der Waals surface area contributed by atoms with Gasteiger partial charge in [-0.05, 0) is 52.5 Å². The lowest BCUT2D eigenvalue weighted by atomic mass is 10.4. The van der Waals surface area contributed by atoms with Crippen LogP contribution >= 0.6 is 0 Å². The number of rotatable bonds is 0.